The van der Waals surface area contributed by atoms with Gasteiger partial charge in [-0.1, -0.05) is 13.8 Å². The van der Waals surface area contributed by atoms with E-state index in [9.17, 15) is 4.79 Å². The minimum Gasteiger partial charge on any atom is -0.497 e. The van der Waals surface area contributed by atoms with Gasteiger partial charge in [-0.15, -0.1) is 24.8 Å². The minimum absolute atomic E-state index is 0. The number of nitrogens with two attached hydrogens (primary N) is 1. The zero-order chi connectivity index (χ0) is 19.2. The fourth-order valence-electron chi connectivity index (χ4n) is 3.59. The zero-order valence-electron chi connectivity index (χ0n) is 17.3. The molecule has 6 nitrogen and oxygen atoms in total. The Bertz CT molecular complexity index is 582. The molecule has 0 spiro atoms. The van der Waals surface area contributed by atoms with Crippen LogP contribution in [-0.2, 0) is 4.79 Å². The molecule has 1 aromatic carbocycles. The summed E-state index contributed by atoms with van der Waals surface area (Å²) in [6.07, 6.45) is 2.59. The fraction of sp³-hybridized carbons (Fsp3) is 0.650. The minimum atomic E-state index is -0.432. The summed E-state index contributed by atoms with van der Waals surface area (Å²) in [7, 11) is 3.32. The monoisotopic (exact) mass is 435 g/mol. The molecule has 1 aliphatic rings. The Morgan fingerprint density at radius 3 is 2.21 bits per heavy atom. The van der Waals surface area contributed by atoms with Crippen molar-refractivity contribution in [3.8, 4) is 11.5 Å². The molecule has 1 atom stereocenters. The van der Waals surface area contributed by atoms with E-state index < -0.39 is 5.41 Å². The summed E-state index contributed by atoms with van der Waals surface area (Å²) in [5.41, 5.74) is 6.53. The SMILES string of the molecule is CCC(CC)(CN)C(=O)NCC1CCN(c2cc(OC)cc(OC)c2)C1.Cl.Cl. The van der Waals surface area contributed by atoms with Gasteiger partial charge in [0.2, 0.25) is 5.91 Å². The standard InChI is InChI=1S/C20H33N3O3.2ClH/c1-5-20(6-2,14-21)19(24)22-12-15-7-8-23(13-15)16-9-17(25-3)11-18(10-16)26-4;;/h9-11,15H,5-8,12-14,21H2,1-4H3,(H,22,24);2*1H. The van der Waals surface area contributed by atoms with Gasteiger partial charge in [-0.3, -0.25) is 4.79 Å². The van der Waals surface area contributed by atoms with Gasteiger partial charge in [0, 0.05) is 50.1 Å². The molecule has 1 saturated heterocycles. The molecule has 0 aliphatic carbocycles. The molecule has 162 valence electrons. The van der Waals surface area contributed by atoms with Crippen molar-refractivity contribution in [1.29, 1.82) is 0 Å². The van der Waals surface area contributed by atoms with Crippen molar-refractivity contribution in [3.05, 3.63) is 18.2 Å². The molecule has 0 saturated carbocycles. The third-order valence-electron chi connectivity index (χ3n) is 5.76. The predicted molar refractivity (Wildman–Crippen MR) is 119 cm³/mol. The van der Waals surface area contributed by atoms with Crippen LogP contribution in [0.2, 0.25) is 0 Å². The van der Waals surface area contributed by atoms with Crippen LogP contribution < -0.4 is 25.4 Å². The second-order valence-electron chi connectivity index (χ2n) is 7.07. The van der Waals surface area contributed by atoms with Crippen LogP contribution in [0, 0.1) is 11.3 Å². The number of hydrogen-bond acceptors (Lipinski definition) is 5. The van der Waals surface area contributed by atoms with E-state index in [0.29, 0.717) is 19.0 Å². The number of hydrogen-bond donors (Lipinski definition) is 2. The van der Waals surface area contributed by atoms with Crippen LogP contribution in [0.1, 0.15) is 33.1 Å². The lowest BCUT2D eigenvalue weighted by atomic mass is 9.81. The Kier molecular flexibility index (Phi) is 11.6. The molecule has 1 unspecified atom stereocenters. The van der Waals surface area contributed by atoms with E-state index in [2.05, 4.69) is 10.2 Å². The number of amides is 1. The van der Waals surface area contributed by atoms with E-state index in [0.717, 1.165) is 49.5 Å². The molecule has 1 heterocycles. The summed E-state index contributed by atoms with van der Waals surface area (Å²) < 4.78 is 10.7. The average molecular weight is 436 g/mol. The van der Waals surface area contributed by atoms with E-state index in [1.54, 1.807) is 14.2 Å². The highest BCUT2D eigenvalue weighted by atomic mass is 35.5. The Morgan fingerprint density at radius 1 is 1.18 bits per heavy atom. The van der Waals surface area contributed by atoms with Gasteiger partial charge in [0.15, 0.2) is 0 Å². The van der Waals surface area contributed by atoms with Gasteiger partial charge in [-0.05, 0) is 25.2 Å². The third-order valence-corrected chi connectivity index (χ3v) is 5.76. The number of halogens is 2. The molecule has 1 aromatic rings. The van der Waals surface area contributed by atoms with E-state index in [4.69, 9.17) is 15.2 Å². The summed E-state index contributed by atoms with van der Waals surface area (Å²) in [5, 5.41) is 3.14. The normalized spacial score (nSPS) is 16.0. The van der Waals surface area contributed by atoms with Crippen molar-refractivity contribution < 1.29 is 14.3 Å². The summed E-state index contributed by atoms with van der Waals surface area (Å²) in [4.78, 5) is 14.9. The van der Waals surface area contributed by atoms with Crippen molar-refractivity contribution in [2.24, 2.45) is 17.1 Å². The fourth-order valence-corrected chi connectivity index (χ4v) is 3.59. The van der Waals surface area contributed by atoms with Crippen LogP contribution >= 0.6 is 24.8 Å². The van der Waals surface area contributed by atoms with Gasteiger partial charge in [0.25, 0.3) is 0 Å². The molecular formula is C20H35Cl2N3O3. The number of benzene rings is 1. The topological polar surface area (TPSA) is 76.8 Å². The highest BCUT2D eigenvalue weighted by Crippen LogP contribution is 2.32. The number of nitrogens with one attached hydrogen (secondary N) is 1. The third kappa shape index (κ3) is 6.06. The molecule has 8 heteroatoms. The smallest absolute Gasteiger partial charge is 0.227 e. The molecule has 0 radical (unpaired) electrons. The number of carbonyl (C=O) groups excluding carboxylic acids is 1. The molecule has 2 rings (SSSR count). The van der Waals surface area contributed by atoms with E-state index >= 15 is 0 Å². The maximum absolute atomic E-state index is 12.6. The average Bonchev–Trinajstić information content (AvgIpc) is 3.16. The number of anilines is 1. The maximum Gasteiger partial charge on any atom is 0.227 e. The molecule has 28 heavy (non-hydrogen) atoms. The molecule has 0 bridgehead atoms. The first-order valence-corrected chi connectivity index (χ1v) is 9.48. The van der Waals surface area contributed by atoms with Crippen molar-refractivity contribution >= 4 is 36.4 Å². The van der Waals surface area contributed by atoms with Gasteiger partial charge in [-0.2, -0.15) is 0 Å². The van der Waals surface area contributed by atoms with Crippen LogP contribution in [0.4, 0.5) is 5.69 Å². The zero-order valence-corrected chi connectivity index (χ0v) is 19.0. The molecule has 0 aromatic heterocycles. The largest absolute Gasteiger partial charge is 0.497 e. The Morgan fingerprint density at radius 2 is 1.75 bits per heavy atom. The number of rotatable bonds is 9. The van der Waals surface area contributed by atoms with Gasteiger partial charge in [-0.25, -0.2) is 0 Å². The quantitative estimate of drug-likeness (QED) is 0.622. The van der Waals surface area contributed by atoms with Crippen molar-refractivity contribution in [2.75, 3.05) is 45.3 Å². The summed E-state index contributed by atoms with van der Waals surface area (Å²) in [5.74, 6) is 2.09. The first kappa shape index (κ1) is 26.6. The highest BCUT2D eigenvalue weighted by molar-refractivity contribution is 5.85. The number of ether oxygens (including phenoxy) is 2. The van der Waals surface area contributed by atoms with Crippen LogP contribution in [0.25, 0.3) is 0 Å². The first-order valence-electron chi connectivity index (χ1n) is 9.48. The van der Waals surface area contributed by atoms with Crippen LogP contribution in [0.15, 0.2) is 18.2 Å². The Hall–Kier alpha value is -1.37. The van der Waals surface area contributed by atoms with Gasteiger partial charge in [0.05, 0.1) is 19.6 Å². The van der Waals surface area contributed by atoms with Gasteiger partial charge < -0.3 is 25.4 Å². The number of nitrogens with zero attached hydrogens (tertiary/aromatic N) is 1. The number of carbonyl (C=O) groups is 1. The highest BCUT2D eigenvalue weighted by Gasteiger charge is 2.34. The lowest BCUT2D eigenvalue weighted by Gasteiger charge is -2.29. The second kappa shape index (κ2) is 12.2. The molecule has 3 N–H and O–H groups in total. The lowest BCUT2D eigenvalue weighted by molar-refractivity contribution is -0.131. The van der Waals surface area contributed by atoms with Gasteiger partial charge in [0.1, 0.15) is 11.5 Å². The second-order valence-corrected chi connectivity index (χ2v) is 7.07. The lowest BCUT2D eigenvalue weighted by Crippen LogP contribution is -2.46. The van der Waals surface area contributed by atoms with E-state index in [1.807, 2.05) is 32.0 Å². The summed E-state index contributed by atoms with van der Waals surface area (Å²) in [6, 6.07) is 5.92. The Balaban J connectivity index is 0.00000364. The van der Waals surface area contributed by atoms with Crippen LogP contribution in [0.5, 0.6) is 11.5 Å². The summed E-state index contributed by atoms with van der Waals surface area (Å²) >= 11 is 0. The predicted octanol–water partition coefficient (Wildman–Crippen LogP) is 3.26. The van der Waals surface area contributed by atoms with Crippen LogP contribution in [-0.4, -0.2) is 46.3 Å². The van der Waals surface area contributed by atoms with Crippen molar-refractivity contribution in [2.45, 2.75) is 33.1 Å². The van der Waals surface area contributed by atoms with Crippen molar-refractivity contribution in [3.63, 3.8) is 0 Å². The molecular weight excluding hydrogens is 401 g/mol. The van der Waals surface area contributed by atoms with E-state index in [-0.39, 0.29) is 30.7 Å². The maximum atomic E-state index is 12.6. The van der Waals surface area contributed by atoms with Gasteiger partial charge >= 0.3 is 0 Å². The first-order chi connectivity index (χ1) is 12.5. The van der Waals surface area contributed by atoms with Crippen molar-refractivity contribution in [1.82, 2.24) is 5.32 Å². The number of methoxy groups -OCH3 is 2. The molecule has 1 fully saturated rings. The molecule has 1 aliphatic heterocycles. The van der Waals surface area contributed by atoms with E-state index in [1.165, 1.54) is 0 Å². The summed E-state index contributed by atoms with van der Waals surface area (Å²) in [6.45, 7) is 7.02. The molecule has 1 amide bonds. The van der Waals surface area contributed by atoms with Crippen LogP contribution in [0.3, 0.4) is 0 Å². The Labute approximate surface area is 181 Å².